The molecule has 4 rings (SSSR count). The van der Waals surface area contributed by atoms with Crippen molar-refractivity contribution in [1.29, 1.82) is 0 Å². The number of thioether (sulfide) groups is 1. The van der Waals surface area contributed by atoms with E-state index in [1.165, 1.54) is 18.7 Å². The Balaban J connectivity index is 1.62. The summed E-state index contributed by atoms with van der Waals surface area (Å²) in [6.45, 7) is 12.7. The maximum absolute atomic E-state index is 15.2. The second kappa shape index (κ2) is 14.3. The van der Waals surface area contributed by atoms with Crippen molar-refractivity contribution in [2.75, 3.05) is 32.1 Å². The number of likely N-dealkylation sites (tertiary alicyclic amines) is 1. The summed E-state index contributed by atoms with van der Waals surface area (Å²) in [4.78, 5) is 15.3. The van der Waals surface area contributed by atoms with Gasteiger partial charge in [0.2, 0.25) is 0 Å². The molecule has 1 fully saturated rings. The van der Waals surface area contributed by atoms with E-state index in [9.17, 15) is 14.3 Å². The van der Waals surface area contributed by atoms with Crippen molar-refractivity contribution in [3.05, 3.63) is 95.0 Å². The lowest BCUT2D eigenvalue weighted by Gasteiger charge is -2.25. The zero-order chi connectivity index (χ0) is 31.1. The van der Waals surface area contributed by atoms with Crippen LogP contribution in [0.2, 0.25) is 0 Å². The predicted molar refractivity (Wildman–Crippen MR) is 169 cm³/mol. The molecular formula is C34H40F2N2O4S. The van der Waals surface area contributed by atoms with E-state index in [1.807, 2.05) is 30.3 Å². The lowest BCUT2D eigenvalue weighted by Crippen LogP contribution is -2.31. The van der Waals surface area contributed by atoms with Gasteiger partial charge in [0.1, 0.15) is 29.0 Å². The first kappa shape index (κ1) is 32.4. The second-order valence-electron chi connectivity index (χ2n) is 11.7. The fourth-order valence-corrected chi connectivity index (χ4v) is 6.25. The SMILES string of the molecule is C=C(/C=C\C(C1=C(c2ccc(O[C@H]3CCN(CCCF)C3)cc2)c2ccc(O)cc2SC1)=C(/C)F)NC(=O)OC(C)(C)C. The Hall–Kier alpha value is -3.56. The van der Waals surface area contributed by atoms with Gasteiger partial charge in [-0.15, -0.1) is 11.8 Å². The van der Waals surface area contributed by atoms with E-state index in [2.05, 4.69) is 16.8 Å². The minimum Gasteiger partial charge on any atom is -0.508 e. The van der Waals surface area contributed by atoms with Crippen LogP contribution in [-0.2, 0) is 4.74 Å². The fraction of sp³-hybridized carbons (Fsp3) is 0.382. The van der Waals surface area contributed by atoms with Gasteiger partial charge in [0.05, 0.1) is 6.67 Å². The number of amides is 1. The van der Waals surface area contributed by atoms with Crippen LogP contribution in [0.15, 0.2) is 88.8 Å². The number of alkyl carbamates (subject to hydrolysis) is 1. The van der Waals surface area contributed by atoms with Gasteiger partial charge < -0.3 is 14.6 Å². The molecule has 2 aliphatic rings. The third-order valence-corrected chi connectivity index (χ3v) is 8.08. The van der Waals surface area contributed by atoms with Crippen molar-refractivity contribution in [2.45, 2.75) is 57.1 Å². The van der Waals surface area contributed by atoms with Crippen LogP contribution in [-0.4, -0.2) is 59.9 Å². The molecule has 6 nitrogen and oxygen atoms in total. The average Bonchev–Trinajstić information content (AvgIpc) is 3.38. The van der Waals surface area contributed by atoms with E-state index in [0.717, 1.165) is 59.0 Å². The maximum Gasteiger partial charge on any atom is 0.412 e. The minimum absolute atomic E-state index is 0.0475. The predicted octanol–water partition coefficient (Wildman–Crippen LogP) is 7.95. The number of hydrogen-bond acceptors (Lipinski definition) is 6. The molecule has 2 aliphatic heterocycles. The van der Waals surface area contributed by atoms with Crippen LogP contribution in [0, 0.1) is 0 Å². The molecule has 1 amide bonds. The molecular weight excluding hydrogens is 570 g/mol. The highest BCUT2D eigenvalue weighted by molar-refractivity contribution is 7.99. The first-order valence-corrected chi connectivity index (χ1v) is 15.4. The minimum atomic E-state index is -0.663. The lowest BCUT2D eigenvalue weighted by molar-refractivity contribution is 0.0548. The third-order valence-electron chi connectivity index (χ3n) is 7.00. The van der Waals surface area contributed by atoms with Crippen molar-refractivity contribution >= 4 is 23.4 Å². The zero-order valence-electron chi connectivity index (χ0n) is 25.2. The van der Waals surface area contributed by atoms with E-state index in [-0.39, 0.29) is 30.1 Å². The molecule has 2 N–H and O–H groups in total. The number of alkyl halides is 1. The van der Waals surface area contributed by atoms with Crippen molar-refractivity contribution in [1.82, 2.24) is 10.2 Å². The van der Waals surface area contributed by atoms with Crippen LogP contribution < -0.4 is 10.1 Å². The number of aromatic hydroxyl groups is 1. The van der Waals surface area contributed by atoms with Crippen LogP contribution in [0.1, 0.15) is 51.7 Å². The summed E-state index contributed by atoms with van der Waals surface area (Å²) < 4.78 is 39.2. The number of carbonyl (C=O) groups excluding carboxylic acids is 1. The average molecular weight is 611 g/mol. The number of nitrogens with zero attached hydrogens (tertiary/aromatic N) is 1. The molecule has 0 bridgehead atoms. The molecule has 1 saturated heterocycles. The van der Waals surface area contributed by atoms with Gasteiger partial charge >= 0.3 is 6.09 Å². The number of benzene rings is 2. The Morgan fingerprint density at radius 3 is 2.63 bits per heavy atom. The van der Waals surface area contributed by atoms with Crippen LogP contribution >= 0.6 is 11.8 Å². The number of rotatable bonds is 10. The van der Waals surface area contributed by atoms with E-state index in [1.54, 1.807) is 45.1 Å². The maximum atomic E-state index is 15.2. The van der Waals surface area contributed by atoms with Crippen molar-refractivity contribution in [2.24, 2.45) is 0 Å². The molecule has 1 atom stereocenters. The number of carbonyl (C=O) groups is 1. The molecule has 0 unspecified atom stereocenters. The third kappa shape index (κ3) is 8.97. The number of halogens is 2. The van der Waals surface area contributed by atoms with Crippen LogP contribution in [0.25, 0.3) is 5.57 Å². The molecule has 0 spiro atoms. The highest BCUT2D eigenvalue weighted by atomic mass is 32.2. The van der Waals surface area contributed by atoms with Crippen LogP contribution in [0.5, 0.6) is 11.5 Å². The first-order chi connectivity index (χ1) is 20.4. The largest absolute Gasteiger partial charge is 0.508 e. The summed E-state index contributed by atoms with van der Waals surface area (Å²) in [6.07, 6.45) is 4.00. The summed E-state index contributed by atoms with van der Waals surface area (Å²) in [5.41, 5.74) is 3.37. The molecule has 2 aromatic carbocycles. The zero-order valence-corrected chi connectivity index (χ0v) is 26.0. The molecule has 0 saturated carbocycles. The molecule has 0 radical (unpaired) electrons. The number of nitrogens with one attached hydrogen (secondary N) is 1. The summed E-state index contributed by atoms with van der Waals surface area (Å²) in [5.74, 6) is 0.987. The standard InChI is InChI=1S/C34H40F2N2O4S/c1-22(37-33(40)42-34(3,4)5)7-13-28(23(2)36)30-21-43-31-19-25(39)10-14-29(31)32(30)24-8-11-26(12-9-24)41-27-15-18-38(20-27)17-6-16-35/h7-14,19,27,39H,1,6,15-18,20-21H2,2-5H3,(H,37,40)/b13-7-,28-23-/t27-/m0/s1. The van der Waals surface area contributed by atoms with Crippen molar-refractivity contribution < 1.29 is 28.2 Å². The Morgan fingerprint density at radius 1 is 1.21 bits per heavy atom. The van der Waals surface area contributed by atoms with Gasteiger partial charge in [-0.25, -0.2) is 9.18 Å². The van der Waals surface area contributed by atoms with E-state index >= 15 is 4.39 Å². The van der Waals surface area contributed by atoms with Crippen molar-refractivity contribution in [3.63, 3.8) is 0 Å². The van der Waals surface area contributed by atoms with Gasteiger partial charge in [0.15, 0.2) is 0 Å². The molecule has 43 heavy (non-hydrogen) atoms. The molecule has 9 heteroatoms. The topological polar surface area (TPSA) is 71.0 Å². The highest BCUT2D eigenvalue weighted by Crippen LogP contribution is 2.45. The van der Waals surface area contributed by atoms with Gasteiger partial charge in [0, 0.05) is 41.6 Å². The summed E-state index contributed by atoms with van der Waals surface area (Å²) in [6, 6.07) is 13.0. The molecule has 230 valence electrons. The first-order valence-electron chi connectivity index (χ1n) is 14.4. The smallest absolute Gasteiger partial charge is 0.412 e. The van der Waals surface area contributed by atoms with Gasteiger partial charge in [-0.3, -0.25) is 14.6 Å². The van der Waals surface area contributed by atoms with E-state index in [4.69, 9.17) is 9.47 Å². The summed E-state index contributed by atoms with van der Waals surface area (Å²) in [7, 11) is 0. The highest BCUT2D eigenvalue weighted by Gasteiger charge is 2.26. The van der Waals surface area contributed by atoms with Gasteiger partial charge in [-0.05, 0) is 99.2 Å². The van der Waals surface area contributed by atoms with Gasteiger partial charge in [-0.1, -0.05) is 24.8 Å². The lowest BCUT2D eigenvalue weighted by atomic mass is 9.89. The Kier molecular flexibility index (Phi) is 10.7. The Bertz CT molecular complexity index is 1420. The van der Waals surface area contributed by atoms with E-state index in [0.29, 0.717) is 17.7 Å². The number of phenolic OH excluding ortho intramolecular Hbond substituents is 1. The van der Waals surface area contributed by atoms with Gasteiger partial charge in [0.25, 0.3) is 0 Å². The number of ether oxygens (including phenoxy) is 2. The number of allylic oxidation sites excluding steroid dienone is 4. The number of phenols is 1. The van der Waals surface area contributed by atoms with Crippen molar-refractivity contribution in [3.8, 4) is 11.5 Å². The Labute approximate surface area is 257 Å². The Morgan fingerprint density at radius 2 is 1.95 bits per heavy atom. The number of fused-ring (bicyclic) bond motifs is 1. The molecule has 2 heterocycles. The van der Waals surface area contributed by atoms with E-state index < -0.39 is 11.7 Å². The van der Waals surface area contributed by atoms with Crippen LogP contribution in [0.4, 0.5) is 13.6 Å². The monoisotopic (exact) mass is 610 g/mol. The number of hydrogen-bond donors (Lipinski definition) is 2. The molecule has 0 aliphatic carbocycles. The molecule has 2 aromatic rings. The molecule has 0 aromatic heterocycles. The van der Waals surface area contributed by atoms with Gasteiger partial charge in [-0.2, -0.15) is 0 Å². The summed E-state index contributed by atoms with van der Waals surface area (Å²) in [5, 5.41) is 12.7. The second-order valence-corrected chi connectivity index (χ2v) is 12.7. The normalized spacial score (nSPS) is 18.0. The quantitative estimate of drug-likeness (QED) is 0.266. The van der Waals surface area contributed by atoms with Crippen LogP contribution in [0.3, 0.4) is 0 Å². The summed E-state index contributed by atoms with van der Waals surface area (Å²) >= 11 is 1.52. The fourth-order valence-electron chi connectivity index (χ4n) is 5.12.